The van der Waals surface area contributed by atoms with E-state index in [0.29, 0.717) is 56.0 Å². The predicted molar refractivity (Wildman–Crippen MR) is 94.9 cm³/mol. The number of hydrogen-bond donors (Lipinski definition) is 1. The number of carbonyl (C=O) groups excluding carboxylic acids is 3. The summed E-state index contributed by atoms with van der Waals surface area (Å²) < 4.78 is 5.27. The third kappa shape index (κ3) is 3.84. The lowest BCUT2D eigenvalue weighted by atomic mass is 10.1. The quantitative estimate of drug-likeness (QED) is 0.858. The summed E-state index contributed by atoms with van der Waals surface area (Å²) >= 11 is 0. The molecule has 3 rings (SSSR count). The number of benzene rings is 1. The van der Waals surface area contributed by atoms with Gasteiger partial charge in [-0.1, -0.05) is 12.1 Å². The van der Waals surface area contributed by atoms with Gasteiger partial charge in [0.1, 0.15) is 11.5 Å². The second-order valence-corrected chi connectivity index (χ2v) is 6.23. The van der Waals surface area contributed by atoms with Crippen LogP contribution in [-0.4, -0.2) is 66.5 Å². The SMILES string of the molecule is COc1ccccc1C(=O)N1CCCN(C(=O)C2=NNC(=O)CC2)CC1. The van der Waals surface area contributed by atoms with Crippen LogP contribution in [0.3, 0.4) is 0 Å². The molecule has 2 aliphatic heterocycles. The van der Waals surface area contributed by atoms with E-state index in [2.05, 4.69) is 10.5 Å². The Hall–Kier alpha value is -2.90. The number of hydrogen-bond acceptors (Lipinski definition) is 5. The molecule has 0 saturated carbocycles. The first-order valence-electron chi connectivity index (χ1n) is 8.67. The molecule has 8 heteroatoms. The van der Waals surface area contributed by atoms with Gasteiger partial charge in [0.15, 0.2) is 0 Å². The van der Waals surface area contributed by atoms with Crippen LogP contribution in [0.15, 0.2) is 29.4 Å². The molecule has 8 nitrogen and oxygen atoms in total. The highest BCUT2D eigenvalue weighted by atomic mass is 16.5. The molecule has 0 radical (unpaired) electrons. The number of methoxy groups -OCH3 is 1. The third-order valence-corrected chi connectivity index (χ3v) is 4.56. The maximum absolute atomic E-state index is 12.8. The van der Waals surface area contributed by atoms with Crippen LogP contribution < -0.4 is 10.2 Å². The first-order chi connectivity index (χ1) is 12.6. The van der Waals surface area contributed by atoms with Crippen molar-refractivity contribution in [3.05, 3.63) is 29.8 Å². The highest BCUT2D eigenvalue weighted by molar-refractivity contribution is 6.39. The molecule has 0 aromatic heterocycles. The van der Waals surface area contributed by atoms with Gasteiger partial charge in [-0.15, -0.1) is 0 Å². The van der Waals surface area contributed by atoms with Crippen molar-refractivity contribution in [3.63, 3.8) is 0 Å². The van der Waals surface area contributed by atoms with Gasteiger partial charge >= 0.3 is 0 Å². The minimum Gasteiger partial charge on any atom is -0.496 e. The Labute approximate surface area is 151 Å². The minimum atomic E-state index is -0.175. The molecule has 2 heterocycles. The van der Waals surface area contributed by atoms with E-state index in [1.54, 1.807) is 35.1 Å². The number of para-hydroxylation sites is 1. The fourth-order valence-corrected chi connectivity index (χ4v) is 3.13. The third-order valence-electron chi connectivity index (χ3n) is 4.56. The summed E-state index contributed by atoms with van der Waals surface area (Å²) in [5, 5.41) is 3.87. The van der Waals surface area contributed by atoms with Crippen LogP contribution >= 0.6 is 0 Å². The van der Waals surface area contributed by atoms with Crippen LogP contribution in [0.1, 0.15) is 29.6 Å². The molecule has 1 fully saturated rings. The van der Waals surface area contributed by atoms with Crippen molar-refractivity contribution in [1.29, 1.82) is 0 Å². The topological polar surface area (TPSA) is 91.3 Å². The van der Waals surface area contributed by atoms with Crippen molar-refractivity contribution in [2.45, 2.75) is 19.3 Å². The van der Waals surface area contributed by atoms with Gasteiger partial charge in [0, 0.05) is 39.0 Å². The van der Waals surface area contributed by atoms with Crippen molar-refractivity contribution in [1.82, 2.24) is 15.2 Å². The summed E-state index contributed by atoms with van der Waals surface area (Å²) in [7, 11) is 1.54. The Morgan fingerprint density at radius 2 is 1.73 bits per heavy atom. The molecular weight excluding hydrogens is 336 g/mol. The van der Waals surface area contributed by atoms with Gasteiger partial charge in [-0.3, -0.25) is 14.4 Å². The molecule has 0 spiro atoms. The number of rotatable bonds is 3. The second kappa shape index (κ2) is 7.99. The minimum absolute atomic E-state index is 0.0981. The lowest BCUT2D eigenvalue weighted by Crippen LogP contribution is -2.42. The van der Waals surface area contributed by atoms with Crippen molar-refractivity contribution < 1.29 is 19.1 Å². The van der Waals surface area contributed by atoms with E-state index in [1.165, 1.54) is 0 Å². The number of ether oxygens (including phenoxy) is 1. The molecule has 0 unspecified atom stereocenters. The van der Waals surface area contributed by atoms with E-state index in [0.717, 1.165) is 0 Å². The van der Waals surface area contributed by atoms with Gasteiger partial charge < -0.3 is 14.5 Å². The Morgan fingerprint density at radius 1 is 1.04 bits per heavy atom. The fourth-order valence-electron chi connectivity index (χ4n) is 3.13. The maximum Gasteiger partial charge on any atom is 0.270 e. The number of amides is 3. The Bertz CT molecular complexity index is 746. The Morgan fingerprint density at radius 3 is 2.38 bits per heavy atom. The zero-order chi connectivity index (χ0) is 18.5. The Balaban J connectivity index is 1.65. The monoisotopic (exact) mass is 358 g/mol. The largest absolute Gasteiger partial charge is 0.496 e. The summed E-state index contributed by atoms with van der Waals surface area (Å²) in [4.78, 5) is 40.0. The number of carbonyl (C=O) groups is 3. The van der Waals surface area contributed by atoms with Crippen LogP contribution in [0.25, 0.3) is 0 Å². The first-order valence-corrected chi connectivity index (χ1v) is 8.67. The highest BCUT2D eigenvalue weighted by Crippen LogP contribution is 2.20. The summed E-state index contributed by atoms with van der Waals surface area (Å²) in [6.07, 6.45) is 1.31. The molecule has 0 atom stereocenters. The van der Waals surface area contributed by atoms with Crippen LogP contribution in [0, 0.1) is 0 Å². The van der Waals surface area contributed by atoms with Crippen LogP contribution in [-0.2, 0) is 9.59 Å². The van der Waals surface area contributed by atoms with Crippen molar-refractivity contribution >= 4 is 23.4 Å². The zero-order valence-electron chi connectivity index (χ0n) is 14.7. The predicted octanol–water partition coefficient (Wildman–Crippen LogP) is 0.636. The molecule has 1 aromatic rings. The smallest absolute Gasteiger partial charge is 0.270 e. The van der Waals surface area contributed by atoms with E-state index in [4.69, 9.17) is 4.74 Å². The molecule has 26 heavy (non-hydrogen) atoms. The lowest BCUT2D eigenvalue weighted by Gasteiger charge is -2.23. The van der Waals surface area contributed by atoms with Crippen molar-refractivity contribution in [3.8, 4) is 5.75 Å². The zero-order valence-corrected chi connectivity index (χ0v) is 14.7. The van der Waals surface area contributed by atoms with E-state index >= 15 is 0 Å². The van der Waals surface area contributed by atoms with Gasteiger partial charge in [-0.25, -0.2) is 5.43 Å². The summed E-state index contributed by atoms with van der Waals surface area (Å²) in [6, 6.07) is 7.13. The van der Waals surface area contributed by atoms with E-state index < -0.39 is 0 Å². The summed E-state index contributed by atoms with van der Waals surface area (Å²) in [5.41, 5.74) is 3.24. The molecule has 0 aliphatic carbocycles. The number of nitrogens with one attached hydrogen (secondary N) is 1. The van der Waals surface area contributed by atoms with E-state index in [9.17, 15) is 14.4 Å². The van der Waals surface area contributed by atoms with Crippen molar-refractivity contribution in [2.75, 3.05) is 33.3 Å². The van der Waals surface area contributed by atoms with E-state index in [1.807, 2.05) is 6.07 Å². The molecule has 1 saturated heterocycles. The molecule has 1 aromatic carbocycles. The maximum atomic E-state index is 12.8. The van der Waals surface area contributed by atoms with Crippen LogP contribution in [0.4, 0.5) is 0 Å². The van der Waals surface area contributed by atoms with Gasteiger partial charge in [-0.05, 0) is 18.6 Å². The van der Waals surface area contributed by atoms with Gasteiger partial charge in [0.25, 0.3) is 11.8 Å². The van der Waals surface area contributed by atoms with Crippen LogP contribution in [0.5, 0.6) is 5.75 Å². The normalized spacial score (nSPS) is 17.9. The molecule has 1 N–H and O–H groups in total. The average molecular weight is 358 g/mol. The van der Waals surface area contributed by atoms with Crippen molar-refractivity contribution in [2.24, 2.45) is 5.10 Å². The molecule has 0 bridgehead atoms. The highest BCUT2D eigenvalue weighted by Gasteiger charge is 2.27. The van der Waals surface area contributed by atoms with E-state index in [-0.39, 0.29) is 24.1 Å². The standard InChI is InChI=1S/C18H22N4O4/c1-26-15-6-3-2-5-13(15)17(24)21-9-4-10-22(12-11-21)18(25)14-7-8-16(23)20-19-14/h2-3,5-6H,4,7-12H2,1H3,(H,20,23). The summed E-state index contributed by atoms with van der Waals surface area (Å²) in [5.74, 6) is 0.101. The number of nitrogens with zero attached hydrogens (tertiary/aromatic N) is 3. The first kappa shape index (κ1) is 17.9. The number of hydrazone groups is 1. The summed E-state index contributed by atoms with van der Waals surface area (Å²) in [6.45, 7) is 2.01. The van der Waals surface area contributed by atoms with Gasteiger partial charge in [0.05, 0.1) is 12.7 Å². The average Bonchev–Trinajstić information content (AvgIpc) is 2.93. The lowest BCUT2D eigenvalue weighted by molar-refractivity contribution is -0.124. The fraction of sp³-hybridized carbons (Fsp3) is 0.444. The molecule has 2 aliphatic rings. The second-order valence-electron chi connectivity index (χ2n) is 6.23. The molecule has 3 amide bonds. The molecular formula is C18H22N4O4. The molecule has 138 valence electrons. The Kier molecular flexibility index (Phi) is 5.50. The van der Waals surface area contributed by atoms with Crippen LogP contribution in [0.2, 0.25) is 0 Å². The van der Waals surface area contributed by atoms with Gasteiger partial charge in [0.2, 0.25) is 5.91 Å². The van der Waals surface area contributed by atoms with Gasteiger partial charge in [-0.2, -0.15) is 5.10 Å².